The van der Waals surface area contributed by atoms with Crippen LogP contribution in [-0.2, 0) is 4.79 Å². The molecule has 0 unspecified atom stereocenters. The van der Waals surface area contributed by atoms with Crippen molar-refractivity contribution in [2.75, 3.05) is 26.7 Å². The number of aliphatic hydroxyl groups is 1. The molecule has 0 spiro atoms. The number of Topliss-reactive ketones (excluding diaryl/α,β-unsaturated/α-hetero) is 1. The summed E-state index contributed by atoms with van der Waals surface area (Å²) in [5.74, 6) is 0.326. The summed E-state index contributed by atoms with van der Waals surface area (Å²) in [6.45, 7) is 3.67. The monoisotopic (exact) mass is 173 g/mol. The molecule has 0 fully saturated rings. The average Bonchev–Trinajstić information content (AvgIpc) is 2.04. The first kappa shape index (κ1) is 11.6. The van der Waals surface area contributed by atoms with E-state index in [1.54, 1.807) is 0 Å². The van der Waals surface area contributed by atoms with Gasteiger partial charge in [-0.3, -0.25) is 4.79 Å². The highest BCUT2D eigenvalue weighted by Gasteiger charge is 2.00. The average molecular weight is 173 g/mol. The maximum Gasteiger partial charge on any atom is 0.132 e. The zero-order chi connectivity index (χ0) is 9.40. The highest BCUT2D eigenvalue weighted by atomic mass is 16.3. The molecule has 0 rings (SSSR count). The summed E-state index contributed by atoms with van der Waals surface area (Å²) < 4.78 is 0. The number of nitrogens with zero attached hydrogens (tertiary/aromatic N) is 1. The molecule has 0 aromatic rings. The summed E-state index contributed by atoms with van der Waals surface area (Å²) in [7, 11) is 1.95. The lowest BCUT2D eigenvalue weighted by atomic mass is 10.2. The molecular weight excluding hydrogens is 154 g/mol. The molecular formula is C9H19NO2. The van der Waals surface area contributed by atoms with E-state index in [1.165, 1.54) is 0 Å². The second-order valence-corrected chi connectivity index (χ2v) is 3.02. The van der Waals surface area contributed by atoms with E-state index in [9.17, 15) is 4.79 Å². The second-order valence-electron chi connectivity index (χ2n) is 3.02. The van der Waals surface area contributed by atoms with Gasteiger partial charge in [0.1, 0.15) is 5.78 Å². The lowest BCUT2D eigenvalue weighted by Crippen LogP contribution is -2.23. The minimum atomic E-state index is 0.193. The van der Waals surface area contributed by atoms with Crippen molar-refractivity contribution in [2.45, 2.75) is 26.2 Å². The van der Waals surface area contributed by atoms with Crippen LogP contribution >= 0.6 is 0 Å². The normalized spacial score (nSPS) is 10.7. The van der Waals surface area contributed by atoms with Gasteiger partial charge in [0.15, 0.2) is 0 Å². The minimum absolute atomic E-state index is 0.193. The Morgan fingerprint density at radius 1 is 1.42 bits per heavy atom. The van der Waals surface area contributed by atoms with Gasteiger partial charge < -0.3 is 10.0 Å². The molecule has 0 aliphatic carbocycles. The van der Waals surface area contributed by atoms with Crippen LogP contribution in [0.4, 0.5) is 0 Å². The highest BCUT2D eigenvalue weighted by molar-refractivity contribution is 5.77. The predicted octanol–water partition coefficient (Wildman–Crippen LogP) is 0.670. The number of carbonyl (C=O) groups is 1. The fourth-order valence-corrected chi connectivity index (χ4v) is 1.01. The lowest BCUT2D eigenvalue weighted by Gasteiger charge is -2.13. The molecule has 0 radical (unpaired) electrons. The van der Waals surface area contributed by atoms with Crippen molar-refractivity contribution in [3.05, 3.63) is 0 Å². The molecule has 0 saturated heterocycles. The zero-order valence-electron chi connectivity index (χ0n) is 8.05. The Hall–Kier alpha value is -0.410. The Morgan fingerprint density at radius 3 is 2.58 bits per heavy atom. The van der Waals surface area contributed by atoms with Crippen LogP contribution in [0.3, 0.4) is 0 Å². The van der Waals surface area contributed by atoms with Crippen LogP contribution in [0.15, 0.2) is 0 Å². The predicted molar refractivity (Wildman–Crippen MR) is 49.1 cm³/mol. The van der Waals surface area contributed by atoms with Crippen LogP contribution in [0.1, 0.15) is 26.2 Å². The third-order valence-electron chi connectivity index (χ3n) is 1.87. The molecule has 72 valence electrons. The third kappa shape index (κ3) is 6.31. The Bertz CT molecular complexity index is 126. The summed E-state index contributed by atoms with van der Waals surface area (Å²) >= 11 is 0. The van der Waals surface area contributed by atoms with E-state index in [4.69, 9.17) is 5.11 Å². The lowest BCUT2D eigenvalue weighted by molar-refractivity contribution is -0.118. The number of hydrogen-bond donors (Lipinski definition) is 1. The summed E-state index contributed by atoms with van der Waals surface area (Å²) in [6.07, 6.45) is 2.22. The number of carbonyl (C=O) groups excluding carboxylic acids is 1. The van der Waals surface area contributed by atoms with Crippen molar-refractivity contribution in [3.8, 4) is 0 Å². The number of hydrogen-bond acceptors (Lipinski definition) is 3. The fourth-order valence-electron chi connectivity index (χ4n) is 1.01. The first-order valence-corrected chi connectivity index (χ1v) is 4.51. The van der Waals surface area contributed by atoms with Gasteiger partial charge in [0.2, 0.25) is 0 Å². The molecule has 12 heavy (non-hydrogen) atoms. The van der Waals surface area contributed by atoms with E-state index in [0.717, 1.165) is 13.0 Å². The van der Waals surface area contributed by atoms with Gasteiger partial charge in [0, 0.05) is 19.4 Å². The van der Waals surface area contributed by atoms with E-state index in [1.807, 2.05) is 18.9 Å². The molecule has 0 aliphatic heterocycles. The largest absolute Gasteiger partial charge is 0.395 e. The summed E-state index contributed by atoms with van der Waals surface area (Å²) in [4.78, 5) is 12.9. The smallest absolute Gasteiger partial charge is 0.132 e. The quantitative estimate of drug-likeness (QED) is 0.615. The number of aliphatic hydroxyl groups excluding tert-OH is 1. The number of likely N-dealkylation sites (N-methyl/N-ethyl adjacent to an activating group) is 1. The minimum Gasteiger partial charge on any atom is -0.395 e. The summed E-state index contributed by atoms with van der Waals surface area (Å²) in [6, 6.07) is 0. The Kier molecular flexibility index (Phi) is 7.00. The number of ketones is 1. The van der Waals surface area contributed by atoms with Crippen molar-refractivity contribution >= 4 is 5.78 Å². The standard InChI is InChI=1S/C9H19NO2/c1-3-9(12)5-4-6-10(2)7-8-11/h11H,3-8H2,1-2H3. The molecule has 0 atom stereocenters. The van der Waals surface area contributed by atoms with Crippen LogP contribution in [0.25, 0.3) is 0 Å². The Balaban J connectivity index is 3.24. The van der Waals surface area contributed by atoms with Crippen LogP contribution in [0.2, 0.25) is 0 Å². The van der Waals surface area contributed by atoms with E-state index in [2.05, 4.69) is 0 Å². The summed E-state index contributed by atoms with van der Waals surface area (Å²) in [5, 5.41) is 8.58. The van der Waals surface area contributed by atoms with E-state index < -0.39 is 0 Å². The van der Waals surface area contributed by atoms with Crippen molar-refractivity contribution < 1.29 is 9.90 Å². The maximum absolute atomic E-state index is 10.9. The molecule has 0 amide bonds. The molecule has 3 nitrogen and oxygen atoms in total. The summed E-state index contributed by atoms with van der Waals surface area (Å²) in [5.41, 5.74) is 0. The van der Waals surface area contributed by atoms with Gasteiger partial charge in [0.05, 0.1) is 6.61 Å². The molecule has 1 N–H and O–H groups in total. The zero-order valence-corrected chi connectivity index (χ0v) is 8.05. The molecule has 0 bridgehead atoms. The number of rotatable bonds is 7. The maximum atomic E-state index is 10.9. The van der Waals surface area contributed by atoms with Crippen molar-refractivity contribution in [1.82, 2.24) is 4.90 Å². The Morgan fingerprint density at radius 2 is 2.08 bits per heavy atom. The molecule has 0 aliphatic rings. The van der Waals surface area contributed by atoms with Gasteiger partial charge in [-0.1, -0.05) is 6.92 Å². The molecule has 0 saturated carbocycles. The third-order valence-corrected chi connectivity index (χ3v) is 1.87. The first-order valence-electron chi connectivity index (χ1n) is 4.51. The van der Waals surface area contributed by atoms with E-state index in [-0.39, 0.29) is 6.61 Å². The molecule has 0 heterocycles. The fraction of sp³-hybridized carbons (Fsp3) is 0.889. The topological polar surface area (TPSA) is 40.5 Å². The molecule has 0 aromatic carbocycles. The van der Waals surface area contributed by atoms with Gasteiger partial charge >= 0.3 is 0 Å². The van der Waals surface area contributed by atoms with Crippen molar-refractivity contribution in [3.63, 3.8) is 0 Å². The Labute approximate surface area is 74.4 Å². The van der Waals surface area contributed by atoms with Gasteiger partial charge in [-0.15, -0.1) is 0 Å². The van der Waals surface area contributed by atoms with Crippen molar-refractivity contribution in [1.29, 1.82) is 0 Å². The van der Waals surface area contributed by atoms with Crippen LogP contribution in [-0.4, -0.2) is 42.5 Å². The van der Waals surface area contributed by atoms with Gasteiger partial charge in [0.25, 0.3) is 0 Å². The van der Waals surface area contributed by atoms with E-state index >= 15 is 0 Å². The van der Waals surface area contributed by atoms with E-state index in [0.29, 0.717) is 25.2 Å². The second kappa shape index (κ2) is 7.25. The SMILES string of the molecule is CCC(=O)CCCN(C)CCO. The van der Waals surface area contributed by atoms with Crippen LogP contribution < -0.4 is 0 Å². The van der Waals surface area contributed by atoms with Gasteiger partial charge in [-0.2, -0.15) is 0 Å². The molecule has 3 heteroatoms. The van der Waals surface area contributed by atoms with Gasteiger partial charge in [-0.25, -0.2) is 0 Å². The molecule has 0 aromatic heterocycles. The van der Waals surface area contributed by atoms with Crippen LogP contribution in [0.5, 0.6) is 0 Å². The van der Waals surface area contributed by atoms with Gasteiger partial charge in [-0.05, 0) is 20.0 Å². The first-order chi connectivity index (χ1) is 5.70. The van der Waals surface area contributed by atoms with Crippen molar-refractivity contribution in [2.24, 2.45) is 0 Å². The highest BCUT2D eigenvalue weighted by Crippen LogP contribution is 1.96. The van der Waals surface area contributed by atoms with Crippen LogP contribution in [0, 0.1) is 0 Å².